The number of likely N-dealkylation sites (tertiary alicyclic amines) is 1. The van der Waals surface area contributed by atoms with Crippen molar-refractivity contribution in [2.45, 2.75) is 171 Å². The number of carbonyl (C=O) groups is 5. The Kier molecular flexibility index (Phi) is 10.2. The number of allylic oxidation sites excluding steroid dienone is 1. The van der Waals surface area contributed by atoms with Gasteiger partial charge in [0, 0.05) is 30.8 Å². The molecule has 11 heteroatoms. The Morgan fingerprint density at radius 3 is 2.16 bits per heavy atom. The number of hydrogen-bond donors (Lipinski definition) is 3. The predicted molar refractivity (Wildman–Crippen MR) is 209 cm³/mol. The first kappa shape index (κ1) is 41.5. The molecule has 55 heavy (non-hydrogen) atoms. The van der Waals surface area contributed by atoms with Crippen molar-refractivity contribution in [2.75, 3.05) is 13.1 Å². The normalized spacial score (nSPS) is 37.2. The standard InChI is InChI=1S/C44H69N3O8/c1-25(2)33-28(48)21-44(46-36(52)45-26-23-47(24-26)37(53)55-38(3,4)5)20-19-42(11)27(34(33)44)13-14-30-41(10)17-16-31(54-32(49)22-39(6,7)35(50)51)40(8,9)29(41)15-18-43(30,42)12/h25-26,29-31,33H,13-24H2,1-12H3,(H,50,51)(H2,45,46,52)/t29-,30+,31-,33?,41-,42+,43+,44+/m0/s1. The second-order valence-corrected chi connectivity index (χ2v) is 21.7. The molecule has 3 amide bonds. The molecule has 0 bridgehead atoms. The Hall–Kier alpha value is -3.11. The Labute approximate surface area is 328 Å². The molecule has 6 aliphatic rings. The summed E-state index contributed by atoms with van der Waals surface area (Å²) in [5, 5.41) is 16.1. The van der Waals surface area contributed by atoms with Crippen LogP contribution >= 0.6 is 0 Å². The van der Waals surface area contributed by atoms with Gasteiger partial charge in [0.05, 0.1) is 23.4 Å². The van der Waals surface area contributed by atoms with Crippen LogP contribution in [0.2, 0.25) is 0 Å². The van der Waals surface area contributed by atoms with Gasteiger partial charge in [-0.05, 0) is 126 Å². The molecule has 6 rings (SSSR count). The highest BCUT2D eigenvalue weighted by molar-refractivity contribution is 5.93. The Morgan fingerprint density at radius 1 is 0.909 bits per heavy atom. The van der Waals surface area contributed by atoms with E-state index in [2.05, 4.69) is 59.1 Å². The number of Topliss-reactive ketones (excluding diaryl/α,β-unsaturated/α-hetero) is 1. The van der Waals surface area contributed by atoms with Crippen molar-refractivity contribution in [3.63, 3.8) is 0 Å². The van der Waals surface area contributed by atoms with E-state index in [-0.39, 0.29) is 70.0 Å². The van der Waals surface area contributed by atoms with Gasteiger partial charge in [0.1, 0.15) is 17.5 Å². The number of urea groups is 1. The van der Waals surface area contributed by atoms with Crippen LogP contribution in [0.3, 0.4) is 0 Å². The zero-order chi connectivity index (χ0) is 40.9. The first-order valence-electron chi connectivity index (χ1n) is 21.0. The van der Waals surface area contributed by atoms with Gasteiger partial charge >= 0.3 is 24.1 Å². The van der Waals surface area contributed by atoms with Crippen LogP contribution in [0.4, 0.5) is 9.59 Å². The van der Waals surface area contributed by atoms with Crippen molar-refractivity contribution < 1.29 is 38.6 Å². The summed E-state index contributed by atoms with van der Waals surface area (Å²) < 4.78 is 11.6. The lowest BCUT2D eigenvalue weighted by molar-refractivity contribution is -0.214. The first-order valence-corrected chi connectivity index (χ1v) is 21.0. The summed E-state index contributed by atoms with van der Waals surface area (Å²) in [4.78, 5) is 66.7. The van der Waals surface area contributed by atoms with E-state index in [0.29, 0.717) is 37.8 Å². The number of ketones is 1. The summed E-state index contributed by atoms with van der Waals surface area (Å²) in [6.45, 7) is 25.6. The summed E-state index contributed by atoms with van der Waals surface area (Å²) in [6, 6.07) is -0.469. The monoisotopic (exact) mass is 768 g/mol. The number of rotatable bonds is 7. The van der Waals surface area contributed by atoms with Gasteiger partial charge in [0.25, 0.3) is 0 Å². The number of carboxylic acid groups (broad SMARTS) is 1. The highest BCUT2D eigenvalue weighted by Crippen LogP contribution is 2.75. The topological polar surface area (TPSA) is 151 Å². The van der Waals surface area contributed by atoms with E-state index in [1.54, 1.807) is 18.7 Å². The van der Waals surface area contributed by atoms with Crippen LogP contribution in [0.5, 0.6) is 0 Å². The third-order valence-corrected chi connectivity index (χ3v) is 15.9. The van der Waals surface area contributed by atoms with Crippen LogP contribution in [0, 0.1) is 50.7 Å². The number of ether oxygens (including phenoxy) is 2. The SMILES string of the molecule is CC(C)C1C(=O)C[C@]2(NC(=O)NC3CN(C(=O)OC(C)(C)C)C3)CC[C@]3(C)C(=C12)CC[C@@H]1[C@@]2(C)CC[C@H](OC(=O)CC(C)(C)C(=O)O)C(C)(C)[C@@H]2CC[C@]13C. The lowest BCUT2D eigenvalue weighted by Crippen LogP contribution is -2.66. The van der Waals surface area contributed by atoms with E-state index >= 15 is 0 Å². The molecule has 3 N–H and O–H groups in total. The minimum absolute atomic E-state index is 0.0184. The van der Waals surface area contributed by atoms with E-state index in [1.165, 1.54) is 11.1 Å². The smallest absolute Gasteiger partial charge is 0.410 e. The molecular weight excluding hydrogens is 698 g/mol. The number of carbonyl (C=O) groups excluding carboxylic acids is 4. The van der Waals surface area contributed by atoms with E-state index < -0.39 is 28.5 Å². The minimum atomic E-state index is -1.18. The highest BCUT2D eigenvalue weighted by atomic mass is 16.6. The van der Waals surface area contributed by atoms with Crippen molar-refractivity contribution in [3.05, 3.63) is 11.1 Å². The molecule has 1 unspecified atom stereocenters. The molecule has 5 fully saturated rings. The number of hydrogen-bond acceptors (Lipinski definition) is 7. The number of amides is 3. The van der Waals surface area contributed by atoms with Crippen molar-refractivity contribution in [3.8, 4) is 0 Å². The van der Waals surface area contributed by atoms with Gasteiger partial charge in [-0.1, -0.05) is 54.0 Å². The molecule has 1 saturated heterocycles. The van der Waals surface area contributed by atoms with E-state index in [1.807, 2.05) is 20.8 Å². The fourth-order valence-corrected chi connectivity index (χ4v) is 12.9. The maximum atomic E-state index is 14.0. The number of fused-ring (bicyclic) bond motifs is 6. The molecule has 11 nitrogen and oxygen atoms in total. The van der Waals surface area contributed by atoms with E-state index in [4.69, 9.17) is 9.47 Å². The molecule has 0 aromatic carbocycles. The molecule has 0 spiro atoms. The minimum Gasteiger partial charge on any atom is -0.481 e. The maximum absolute atomic E-state index is 14.0. The first-order chi connectivity index (χ1) is 25.2. The van der Waals surface area contributed by atoms with Crippen molar-refractivity contribution in [1.29, 1.82) is 0 Å². The van der Waals surface area contributed by atoms with Crippen molar-refractivity contribution in [1.82, 2.24) is 15.5 Å². The van der Waals surface area contributed by atoms with Crippen molar-refractivity contribution in [2.24, 2.45) is 50.7 Å². The van der Waals surface area contributed by atoms with Gasteiger partial charge in [-0.15, -0.1) is 0 Å². The molecule has 8 atom stereocenters. The van der Waals surface area contributed by atoms with Crippen LogP contribution in [-0.4, -0.2) is 76.2 Å². The van der Waals surface area contributed by atoms with Gasteiger partial charge in [0.2, 0.25) is 0 Å². The predicted octanol–water partition coefficient (Wildman–Crippen LogP) is 8.05. The molecule has 308 valence electrons. The van der Waals surface area contributed by atoms with E-state index in [0.717, 1.165) is 44.9 Å². The van der Waals surface area contributed by atoms with Crippen LogP contribution in [0.25, 0.3) is 0 Å². The average Bonchev–Trinajstić information content (AvgIpc) is 3.31. The van der Waals surface area contributed by atoms with Crippen LogP contribution in [0.15, 0.2) is 11.1 Å². The van der Waals surface area contributed by atoms with Crippen LogP contribution < -0.4 is 10.6 Å². The number of nitrogens with one attached hydrogen (secondary N) is 2. The fourth-order valence-electron chi connectivity index (χ4n) is 12.9. The average molecular weight is 768 g/mol. The van der Waals surface area contributed by atoms with Gasteiger partial charge in [0.15, 0.2) is 0 Å². The molecule has 1 heterocycles. The molecule has 1 aliphatic heterocycles. The third-order valence-electron chi connectivity index (χ3n) is 15.9. The van der Waals surface area contributed by atoms with Gasteiger partial charge < -0.3 is 30.1 Å². The zero-order valence-corrected chi connectivity index (χ0v) is 35.7. The Balaban J connectivity index is 1.23. The summed E-state index contributed by atoms with van der Waals surface area (Å²) >= 11 is 0. The number of carboxylic acids is 1. The Morgan fingerprint density at radius 2 is 1.56 bits per heavy atom. The molecule has 0 radical (unpaired) electrons. The Bertz CT molecular complexity index is 1650. The van der Waals surface area contributed by atoms with Crippen molar-refractivity contribution >= 4 is 29.8 Å². The third kappa shape index (κ3) is 6.79. The van der Waals surface area contributed by atoms with Crippen LogP contribution in [-0.2, 0) is 23.9 Å². The van der Waals surface area contributed by atoms with Gasteiger partial charge in [-0.25, -0.2) is 9.59 Å². The summed E-state index contributed by atoms with van der Waals surface area (Å²) in [5.41, 5.74) is -0.345. The molecule has 0 aromatic heterocycles. The number of nitrogens with zero attached hydrogens (tertiary/aromatic N) is 1. The lowest BCUT2D eigenvalue weighted by atomic mass is 9.34. The highest BCUT2D eigenvalue weighted by Gasteiger charge is 2.69. The summed E-state index contributed by atoms with van der Waals surface area (Å²) in [5.74, 6) is -0.594. The van der Waals surface area contributed by atoms with Crippen LogP contribution in [0.1, 0.15) is 147 Å². The zero-order valence-electron chi connectivity index (χ0n) is 35.7. The molecule has 4 saturated carbocycles. The number of esters is 1. The van der Waals surface area contributed by atoms with Gasteiger partial charge in [-0.3, -0.25) is 14.4 Å². The quantitative estimate of drug-likeness (QED) is 0.174. The maximum Gasteiger partial charge on any atom is 0.410 e. The summed E-state index contributed by atoms with van der Waals surface area (Å²) in [6.07, 6.45) is 6.72. The molecule has 5 aliphatic carbocycles. The largest absolute Gasteiger partial charge is 0.481 e. The number of aliphatic carboxylic acids is 1. The fraction of sp³-hybridized carbons (Fsp3) is 0.841. The summed E-state index contributed by atoms with van der Waals surface area (Å²) in [7, 11) is 0. The second-order valence-electron chi connectivity index (χ2n) is 21.7. The molecular formula is C44H69N3O8. The molecule has 0 aromatic rings. The van der Waals surface area contributed by atoms with E-state index in [9.17, 15) is 29.1 Å². The second kappa shape index (κ2) is 13.5. The van der Waals surface area contributed by atoms with Gasteiger partial charge in [-0.2, -0.15) is 0 Å². The lowest BCUT2D eigenvalue weighted by Gasteiger charge is -2.70.